The van der Waals surface area contributed by atoms with E-state index in [1.54, 1.807) is 20.8 Å². The van der Waals surface area contributed by atoms with Crippen molar-refractivity contribution in [2.75, 3.05) is 12.9 Å². The summed E-state index contributed by atoms with van der Waals surface area (Å²) < 4.78 is 29.9. The Bertz CT molecular complexity index is 1050. The normalized spacial score (nSPS) is 25.9. The highest BCUT2D eigenvalue weighted by Crippen LogP contribution is 2.59. The molecule has 0 radical (unpaired) electrons. The first-order chi connectivity index (χ1) is 18.7. The van der Waals surface area contributed by atoms with Crippen LogP contribution in [-0.2, 0) is 25.2 Å². The van der Waals surface area contributed by atoms with Crippen molar-refractivity contribution in [3.05, 3.63) is 23.3 Å². The molecule has 4 atom stereocenters. The van der Waals surface area contributed by atoms with E-state index in [1.165, 1.54) is 11.8 Å². The van der Waals surface area contributed by atoms with E-state index < -0.39 is 24.8 Å². The lowest BCUT2D eigenvalue weighted by Crippen LogP contribution is -2.58. The maximum atomic E-state index is 13.3. The second-order valence-electron chi connectivity index (χ2n) is 13.0. The summed E-state index contributed by atoms with van der Waals surface area (Å²) in [6.07, 6.45) is 5.74. The Balaban J connectivity index is 1.87. The summed E-state index contributed by atoms with van der Waals surface area (Å²) >= 11 is 1.40. The van der Waals surface area contributed by atoms with Crippen molar-refractivity contribution in [3.8, 4) is 5.75 Å². The molecule has 0 spiro atoms. The molecule has 1 aliphatic heterocycles. The fraction of sp³-hybridized carbons (Fsp3) is 0.742. The van der Waals surface area contributed by atoms with E-state index in [2.05, 4.69) is 34.6 Å². The average Bonchev–Trinajstić information content (AvgIpc) is 3.20. The van der Waals surface area contributed by atoms with Crippen LogP contribution in [0.15, 0.2) is 17.0 Å². The van der Waals surface area contributed by atoms with E-state index in [-0.39, 0.29) is 28.4 Å². The van der Waals surface area contributed by atoms with Crippen LogP contribution in [-0.4, -0.2) is 49.4 Å². The van der Waals surface area contributed by atoms with Gasteiger partial charge in [-0.3, -0.25) is 0 Å². The first kappa shape index (κ1) is 32.8. The predicted octanol–water partition coefficient (Wildman–Crippen LogP) is 7.98. The van der Waals surface area contributed by atoms with Crippen LogP contribution in [0.4, 0.5) is 4.79 Å². The predicted molar refractivity (Wildman–Crippen MR) is 160 cm³/mol. The van der Waals surface area contributed by atoms with Crippen LogP contribution in [0.3, 0.4) is 0 Å². The van der Waals surface area contributed by atoms with Gasteiger partial charge in [0.1, 0.15) is 11.2 Å². The molecule has 4 unspecified atom stereocenters. The largest absolute Gasteiger partial charge is 0.514 e. The first-order valence-corrected chi connectivity index (χ1v) is 16.0. The number of benzene rings is 1. The molecule has 0 amide bonds. The van der Waals surface area contributed by atoms with Crippen LogP contribution in [0.2, 0.25) is 6.32 Å². The van der Waals surface area contributed by atoms with Crippen molar-refractivity contribution in [3.63, 3.8) is 0 Å². The van der Waals surface area contributed by atoms with Crippen LogP contribution in [0.25, 0.3) is 0 Å². The Morgan fingerprint density at radius 1 is 1.18 bits per heavy atom. The highest BCUT2D eigenvalue weighted by Gasteiger charge is 2.61. The van der Waals surface area contributed by atoms with E-state index in [9.17, 15) is 9.59 Å². The number of ether oxygens (including phenoxy) is 3. The summed E-state index contributed by atoms with van der Waals surface area (Å²) in [7, 11) is -0.392. The topological polar surface area (TPSA) is 80.3 Å². The van der Waals surface area contributed by atoms with Crippen molar-refractivity contribution in [1.82, 2.24) is 0 Å². The number of aryl methyl sites for hydroxylation is 1. The van der Waals surface area contributed by atoms with Gasteiger partial charge in [0.25, 0.3) is 0 Å². The number of carbonyl (C=O) groups is 2. The zero-order chi connectivity index (χ0) is 29.9. The van der Waals surface area contributed by atoms with E-state index in [1.807, 2.05) is 25.3 Å². The van der Waals surface area contributed by atoms with E-state index >= 15 is 0 Å². The van der Waals surface area contributed by atoms with Gasteiger partial charge in [-0.15, -0.1) is 11.8 Å². The summed E-state index contributed by atoms with van der Waals surface area (Å²) in [5.41, 5.74) is 0.0468. The molecule has 1 aliphatic carbocycles. The molecule has 1 aromatic rings. The van der Waals surface area contributed by atoms with Crippen LogP contribution >= 0.6 is 11.8 Å². The average molecular weight is 577 g/mol. The lowest BCUT2D eigenvalue weighted by molar-refractivity contribution is -0.140. The van der Waals surface area contributed by atoms with Crippen LogP contribution < -0.4 is 4.74 Å². The van der Waals surface area contributed by atoms with Crippen molar-refractivity contribution in [2.45, 2.75) is 123 Å². The SMILES string of the molecule is CCCCOC(=O)c1c(SC)ccc(CCB2OC(CC)C(C)(C3CC(C)C3(C)C)O2)c1OC(=O)OC(C)(C)C. The Morgan fingerprint density at radius 3 is 2.42 bits per heavy atom. The summed E-state index contributed by atoms with van der Waals surface area (Å²) in [6.45, 7) is 19.0. The number of esters is 1. The number of hydrogen-bond acceptors (Lipinski definition) is 8. The minimum Gasteiger partial charge on any atom is -0.462 e. The third kappa shape index (κ3) is 7.19. The molecule has 0 N–H and O–H groups in total. The van der Waals surface area contributed by atoms with Crippen molar-refractivity contribution >= 4 is 31.0 Å². The van der Waals surface area contributed by atoms with Gasteiger partial charge in [0, 0.05) is 4.90 Å². The number of rotatable bonds is 11. The van der Waals surface area contributed by atoms with Crippen LogP contribution in [0.1, 0.15) is 104 Å². The summed E-state index contributed by atoms with van der Waals surface area (Å²) in [4.78, 5) is 26.7. The number of hydrogen-bond donors (Lipinski definition) is 0. The lowest BCUT2D eigenvalue weighted by atomic mass is 9.50. The molecule has 0 aromatic heterocycles. The van der Waals surface area contributed by atoms with Gasteiger partial charge in [-0.05, 0) is 94.8 Å². The van der Waals surface area contributed by atoms with Crippen molar-refractivity contribution in [2.24, 2.45) is 17.3 Å². The zero-order valence-electron chi connectivity index (χ0n) is 26.2. The molecule has 7 nitrogen and oxygen atoms in total. The number of unbranched alkanes of at least 4 members (excludes halogenated alkanes) is 1. The van der Waals surface area contributed by atoms with Gasteiger partial charge < -0.3 is 23.5 Å². The Hall–Kier alpha value is -1.71. The van der Waals surface area contributed by atoms with E-state index in [0.717, 1.165) is 25.7 Å². The number of carbonyl (C=O) groups excluding carboxylic acids is 2. The molecule has 2 aliphatic rings. The minimum atomic E-state index is -0.858. The maximum Gasteiger partial charge on any atom is 0.514 e. The van der Waals surface area contributed by atoms with Gasteiger partial charge in [0.2, 0.25) is 0 Å². The van der Waals surface area contributed by atoms with Crippen molar-refractivity contribution in [1.29, 1.82) is 0 Å². The second kappa shape index (κ2) is 13.1. The molecule has 2 fully saturated rings. The fourth-order valence-corrected chi connectivity index (χ4v) is 6.63. The van der Waals surface area contributed by atoms with Crippen molar-refractivity contribution < 1.29 is 33.1 Å². The molecule has 1 saturated heterocycles. The van der Waals surface area contributed by atoms with Gasteiger partial charge in [0.05, 0.1) is 18.3 Å². The first-order valence-electron chi connectivity index (χ1n) is 14.8. The molecular weight excluding hydrogens is 527 g/mol. The summed E-state index contributed by atoms with van der Waals surface area (Å²) in [6, 6.07) is 3.78. The molecule has 40 heavy (non-hydrogen) atoms. The minimum absolute atomic E-state index is 0.00901. The summed E-state index contributed by atoms with van der Waals surface area (Å²) in [5, 5.41) is 0. The van der Waals surface area contributed by atoms with Crippen LogP contribution in [0, 0.1) is 17.3 Å². The Labute approximate surface area is 245 Å². The zero-order valence-corrected chi connectivity index (χ0v) is 27.0. The second-order valence-corrected chi connectivity index (χ2v) is 13.8. The Morgan fingerprint density at radius 2 is 1.88 bits per heavy atom. The van der Waals surface area contributed by atoms with E-state index in [4.69, 9.17) is 23.5 Å². The molecule has 224 valence electrons. The third-order valence-corrected chi connectivity index (χ3v) is 9.52. The molecule has 9 heteroatoms. The highest BCUT2D eigenvalue weighted by molar-refractivity contribution is 7.98. The molecular formula is C31H49BO7S. The molecule has 1 saturated carbocycles. The Kier molecular flexibility index (Phi) is 10.7. The van der Waals surface area contributed by atoms with Gasteiger partial charge in [-0.2, -0.15) is 0 Å². The third-order valence-electron chi connectivity index (χ3n) is 8.74. The highest BCUT2D eigenvalue weighted by atomic mass is 32.2. The smallest absolute Gasteiger partial charge is 0.462 e. The number of thioether (sulfide) groups is 1. The molecule has 0 bridgehead atoms. The van der Waals surface area contributed by atoms with Gasteiger partial charge >= 0.3 is 19.2 Å². The fourth-order valence-electron chi connectivity index (χ4n) is 6.05. The summed E-state index contributed by atoms with van der Waals surface area (Å²) in [5.74, 6) is 0.741. The van der Waals surface area contributed by atoms with Crippen LogP contribution in [0.5, 0.6) is 5.75 Å². The van der Waals surface area contributed by atoms with Gasteiger partial charge in [-0.25, -0.2) is 9.59 Å². The standard InChI is InChI=1S/C31H49BO7S/c1-11-13-18-35-27(33)25-22(40-10)15-14-21(26(25)36-28(34)37-29(4,5)6)16-17-32-38-24(12-2)31(9,39-32)23-19-20(3)30(23,7)8/h14-15,20,23-24H,11-13,16-19H2,1-10H3. The maximum absolute atomic E-state index is 13.3. The van der Waals surface area contributed by atoms with E-state index in [0.29, 0.717) is 41.6 Å². The lowest BCUT2D eigenvalue weighted by Gasteiger charge is -2.58. The molecule has 1 heterocycles. The monoisotopic (exact) mass is 576 g/mol. The molecule has 3 rings (SSSR count). The van der Waals surface area contributed by atoms with Gasteiger partial charge in [0.15, 0.2) is 5.75 Å². The van der Waals surface area contributed by atoms with Gasteiger partial charge in [-0.1, -0.05) is 47.1 Å². The quantitative estimate of drug-likeness (QED) is 0.0863. The molecule has 1 aromatic carbocycles.